The van der Waals surface area contributed by atoms with Crippen molar-refractivity contribution < 1.29 is 14.6 Å². The van der Waals surface area contributed by atoms with Crippen molar-refractivity contribution in [3.8, 4) is 0 Å². The van der Waals surface area contributed by atoms with E-state index >= 15 is 0 Å². The number of rotatable bonds is 9. The highest BCUT2D eigenvalue weighted by Gasteiger charge is 2.21. The summed E-state index contributed by atoms with van der Waals surface area (Å²) in [5, 5.41) is 9.90. The van der Waals surface area contributed by atoms with Gasteiger partial charge in [0.15, 0.2) is 0 Å². The van der Waals surface area contributed by atoms with Crippen LogP contribution >= 0.6 is 0 Å². The van der Waals surface area contributed by atoms with Gasteiger partial charge < -0.3 is 14.6 Å². The first-order valence-corrected chi connectivity index (χ1v) is 7.38. The smallest absolute Gasteiger partial charge is 0.0900 e. The van der Waals surface area contributed by atoms with E-state index in [1.54, 1.807) is 7.11 Å². The molecule has 0 saturated carbocycles. The lowest BCUT2D eigenvalue weighted by Crippen LogP contribution is -2.51. The van der Waals surface area contributed by atoms with Crippen molar-refractivity contribution in [2.75, 3.05) is 59.7 Å². The highest BCUT2D eigenvalue weighted by atomic mass is 16.5. The number of β-amino-alcohol motifs (C(OH)–C–C–N with tert-alkyl or cyclic N) is 1. The fourth-order valence-corrected chi connectivity index (χ4v) is 2.36. The Morgan fingerprint density at radius 2 is 1.84 bits per heavy atom. The zero-order chi connectivity index (χ0) is 14.1. The topological polar surface area (TPSA) is 45.2 Å². The lowest BCUT2D eigenvalue weighted by atomic mass is 10.2. The molecule has 0 radical (unpaired) electrons. The molecule has 5 heteroatoms. The molecular weight excluding hydrogens is 244 g/mol. The SMILES string of the molecule is CCC(C)N1CCN(CC(O)COCCOC)CC1. The van der Waals surface area contributed by atoms with Gasteiger partial charge in [0.2, 0.25) is 0 Å². The number of aliphatic hydroxyl groups excluding tert-OH is 1. The quantitative estimate of drug-likeness (QED) is 0.618. The molecule has 0 aromatic heterocycles. The summed E-state index contributed by atoms with van der Waals surface area (Å²) in [5.74, 6) is 0. The normalized spacial score (nSPS) is 21.5. The Morgan fingerprint density at radius 1 is 1.16 bits per heavy atom. The molecule has 0 aliphatic carbocycles. The van der Waals surface area contributed by atoms with Crippen molar-refractivity contribution in [1.29, 1.82) is 0 Å². The minimum Gasteiger partial charge on any atom is -0.389 e. The van der Waals surface area contributed by atoms with Crippen molar-refractivity contribution in [3.63, 3.8) is 0 Å². The Hall–Kier alpha value is -0.200. The molecule has 2 atom stereocenters. The summed E-state index contributed by atoms with van der Waals surface area (Å²) in [4.78, 5) is 4.85. The van der Waals surface area contributed by atoms with Crippen molar-refractivity contribution in [1.82, 2.24) is 9.80 Å². The number of nitrogens with zero attached hydrogens (tertiary/aromatic N) is 2. The zero-order valence-corrected chi connectivity index (χ0v) is 12.7. The van der Waals surface area contributed by atoms with Crippen LogP contribution in [0.1, 0.15) is 20.3 Å². The zero-order valence-electron chi connectivity index (χ0n) is 12.7. The summed E-state index contributed by atoms with van der Waals surface area (Å²) in [6.07, 6.45) is 0.808. The lowest BCUT2D eigenvalue weighted by molar-refractivity contribution is -0.00896. The van der Waals surface area contributed by atoms with E-state index in [0.717, 1.165) is 26.2 Å². The Morgan fingerprint density at radius 3 is 2.42 bits per heavy atom. The van der Waals surface area contributed by atoms with E-state index in [4.69, 9.17) is 9.47 Å². The molecule has 1 N–H and O–H groups in total. The predicted octanol–water partition coefficient (Wildman–Crippen LogP) is 0.426. The van der Waals surface area contributed by atoms with Crippen LogP contribution < -0.4 is 0 Å². The van der Waals surface area contributed by atoms with Crippen LogP contribution in [0.4, 0.5) is 0 Å². The Labute approximate surface area is 117 Å². The molecule has 1 fully saturated rings. The van der Waals surface area contributed by atoms with Gasteiger partial charge in [-0.05, 0) is 13.3 Å². The van der Waals surface area contributed by atoms with Crippen LogP contribution in [0, 0.1) is 0 Å². The number of methoxy groups -OCH3 is 1. The summed E-state index contributed by atoms with van der Waals surface area (Å²) < 4.78 is 10.2. The average Bonchev–Trinajstić information content (AvgIpc) is 2.43. The number of aliphatic hydroxyl groups is 1. The van der Waals surface area contributed by atoms with Crippen LogP contribution in [-0.2, 0) is 9.47 Å². The van der Waals surface area contributed by atoms with Crippen LogP contribution in [0.3, 0.4) is 0 Å². The van der Waals surface area contributed by atoms with Gasteiger partial charge in [0, 0.05) is 45.9 Å². The Balaban J connectivity index is 2.11. The van der Waals surface area contributed by atoms with Gasteiger partial charge >= 0.3 is 0 Å². The third kappa shape index (κ3) is 6.68. The molecule has 1 rings (SSSR count). The largest absolute Gasteiger partial charge is 0.389 e. The molecule has 1 saturated heterocycles. The van der Waals surface area contributed by atoms with Crippen molar-refractivity contribution >= 4 is 0 Å². The Kier molecular flexibility index (Phi) is 8.57. The van der Waals surface area contributed by atoms with Gasteiger partial charge in [-0.1, -0.05) is 6.92 Å². The maximum Gasteiger partial charge on any atom is 0.0900 e. The molecule has 1 aliphatic heterocycles. The van der Waals surface area contributed by atoms with Crippen LogP contribution in [0.25, 0.3) is 0 Å². The number of piperazine rings is 1. The first kappa shape index (κ1) is 16.9. The van der Waals surface area contributed by atoms with E-state index in [1.165, 1.54) is 6.42 Å². The minimum absolute atomic E-state index is 0.396. The molecule has 1 heterocycles. The van der Waals surface area contributed by atoms with E-state index in [-0.39, 0.29) is 0 Å². The number of hydrogen-bond donors (Lipinski definition) is 1. The minimum atomic E-state index is -0.396. The maximum atomic E-state index is 9.90. The molecule has 5 nitrogen and oxygen atoms in total. The second-order valence-corrected chi connectivity index (χ2v) is 5.32. The van der Waals surface area contributed by atoms with Crippen LogP contribution in [0.5, 0.6) is 0 Å². The molecular formula is C14H30N2O3. The molecule has 0 spiro atoms. The summed E-state index contributed by atoms with van der Waals surface area (Å²) in [5.41, 5.74) is 0. The molecule has 0 bridgehead atoms. The van der Waals surface area contributed by atoms with Gasteiger partial charge in [0.05, 0.1) is 25.9 Å². The fourth-order valence-electron chi connectivity index (χ4n) is 2.36. The van der Waals surface area contributed by atoms with Crippen molar-refractivity contribution in [3.05, 3.63) is 0 Å². The van der Waals surface area contributed by atoms with E-state index in [9.17, 15) is 5.11 Å². The third-order valence-electron chi connectivity index (χ3n) is 3.83. The fraction of sp³-hybridized carbons (Fsp3) is 1.00. The summed E-state index contributed by atoms with van der Waals surface area (Å²) in [6.45, 7) is 11.1. The number of ether oxygens (including phenoxy) is 2. The Bertz CT molecular complexity index is 221. The van der Waals surface area contributed by atoms with E-state index in [0.29, 0.717) is 32.4 Å². The highest BCUT2D eigenvalue weighted by Crippen LogP contribution is 2.09. The van der Waals surface area contributed by atoms with E-state index in [2.05, 4.69) is 23.6 Å². The molecule has 114 valence electrons. The number of hydrogen-bond acceptors (Lipinski definition) is 5. The van der Waals surface area contributed by atoms with Gasteiger partial charge in [-0.25, -0.2) is 0 Å². The molecule has 19 heavy (non-hydrogen) atoms. The highest BCUT2D eigenvalue weighted by molar-refractivity contribution is 4.77. The molecule has 2 unspecified atom stereocenters. The first-order valence-electron chi connectivity index (χ1n) is 7.38. The van der Waals surface area contributed by atoms with Crippen LogP contribution in [0.2, 0.25) is 0 Å². The molecule has 0 amide bonds. The molecule has 1 aliphatic rings. The predicted molar refractivity (Wildman–Crippen MR) is 76.5 cm³/mol. The van der Waals surface area contributed by atoms with Gasteiger partial charge in [-0.3, -0.25) is 9.80 Å². The standard InChI is InChI=1S/C14H30N2O3/c1-4-13(2)16-7-5-15(6-8-16)11-14(17)12-19-10-9-18-3/h13-14,17H,4-12H2,1-3H3. The van der Waals surface area contributed by atoms with Crippen LogP contribution in [-0.4, -0.2) is 86.7 Å². The van der Waals surface area contributed by atoms with Crippen molar-refractivity contribution in [2.24, 2.45) is 0 Å². The first-order chi connectivity index (χ1) is 9.17. The lowest BCUT2D eigenvalue weighted by Gasteiger charge is -2.38. The van der Waals surface area contributed by atoms with Gasteiger partial charge in [0.25, 0.3) is 0 Å². The maximum absolute atomic E-state index is 9.90. The van der Waals surface area contributed by atoms with Gasteiger partial charge in [0.1, 0.15) is 0 Å². The average molecular weight is 274 g/mol. The second kappa shape index (κ2) is 9.66. The van der Waals surface area contributed by atoms with E-state index < -0.39 is 6.10 Å². The van der Waals surface area contributed by atoms with Gasteiger partial charge in [-0.2, -0.15) is 0 Å². The molecule has 0 aromatic rings. The third-order valence-corrected chi connectivity index (χ3v) is 3.83. The summed E-state index contributed by atoms with van der Waals surface area (Å²) in [7, 11) is 1.65. The molecule has 0 aromatic carbocycles. The summed E-state index contributed by atoms with van der Waals surface area (Å²) >= 11 is 0. The monoisotopic (exact) mass is 274 g/mol. The second-order valence-electron chi connectivity index (χ2n) is 5.32. The van der Waals surface area contributed by atoms with Crippen LogP contribution in [0.15, 0.2) is 0 Å². The summed E-state index contributed by atoms with van der Waals surface area (Å²) in [6, 6.07) is 0.671. The van der Waals surface area contributed by atoms with E-state index in [1.807, 2.05) is 0 Å². The van der Waals surface area contributed by atoms with Crippen molar-refractivity contribution in [2.45, 2.75) is 32.4 Å². The van der Waals surface area contributed by atoms with Gasteiger partial charge in [-0.15, -0.1) is 0 Å².